The number of ether oxygens (including phenoxy) is 2. The second-order valence-corrected chi connectivity index (χ2v) is 9.34. The lowest BCUT2D eigenvalue weighted by Gasteiger charge is -2.38. The quantitative estimate of drug-likeness (QED) is 0.578. The third-order valence-electron chi connectivity index (χ3n) is 6.37. The number of ketones is 1. The number of esters is 2. The Morgan fingerprint density at radius 2 is 1.97 bits per heavy atom. The number of hydrogen-bond acceptors (Lipinski definition) is 7. The standard InChI is InChI=1S/C23H27NO5S/c1-12-11-15-19(21(25)17(12)22(26)28-3)20(16-9-6-10-30-16)18(13(2)24-15)23(27)29-14-7-4-5-8-14/h6,9-10,12,14,17,20,24H,4-5,7-8,11H2,1-3H3/t12-,17-,20+/m1/s1. The van der Waals surface area contributed by atoms with Crippen LogP contribution in [0.4, 0.5) is 0 Å². The van der Waals surface area contributed by atoms with Crippen LogP contribution >= 0.6 is 11.3 Å². The zero-order valence-corrected chi connectivity index (χ0v) is 18.3. The maximum atomic E-state index is 13.5. The molecule has 0 aromatic carbocycles. The van der Waals surface area contributed by atoms with E-state index in [0.29, 0.717) is 23.3 Å². The van der Waals surface area contributed by atoms with Crippen molar-refractivity contribution in [1.29, 1.82) is 0 Å². The first-order chi connectivity index (χ1) is 14.4. The summed E-state index contributed by atoms with van der Waals surface area (Å²) in [6, 6.07) is 3.84. The number of methoxy groups -OCH3 is 1. The lowest BCUT2D eigenvalue weighted by atomic mass is 9.70. The highest BCUT2D eigenvalue weighted by Gasteiger charge is 2.47. The van der Waals surface area contributed by atoms with Crippen LogP contribution in [0.2, 0.25) is 0 Å². The second-order valence-electron chi connectivity index (χ2n) is 8.36. The Kier molecular flexibility index (Phi) is 5.82. The van der Waals surface area contributed by atoms with Gasteiger partial charge in [0.2, 0.25) is 0 Å². The van der Waals surface area contributed by atoms with Crippen molar-refractivity contribution in [1.82, 2.24) is 5.32 Å². The van der Waals surface area contributed by atoms with Gasteiger partial charge >= 0.3 is 11.9 Å². The normalized spacial score (nSPS) is 27.0. The van der Waals surface area contributed by atoms with Gasteiger partial charge in [-0.15, -0.1) is 11.3 Å². The molecule has 1 N–H and O–H groups in total. The van der Waals surface area contributed by atoms with Crippen LogP contribution in [0, 0.1) is 11.8 Å². The third kappa shape index (κ3) is 3.60. The second kappa shape index (κ2) is 8.38. The summed E-state index contributed by atoms with van der Waals surface area (Å²) < 4.78 is 10.7. The molecule has 7 heteroatoms. The molecule has 0 amide bonds. The van der Waals surface area contributed by atoms with Gasteiger partial charge < -0.3 is 14.8 Å². The predicted molar refractivity (Wildman–Crippen MR) is 113 cm³/mol. The van der Waals surface area contributed by atoms with Crippen LogP contribution in [0.3, 0.4) is 0 Å². The summed E-state index contributed by atoms with van der Waals surface area (Å²) in [7, 11) is 1.30. The van der Waals surface area contributed by atoms with E-state index < -0.39 is 17.8 Å². The summed E-state index contributed by atoms with van der Waals surface area (Å²) in [5, 5.41) is 5.23. The van der Waals surface area contributed by atoms with Gasteiger partial charge in [-0.25, -0.2) is 4.79 Å². The number of rotatable bonds is 4. The SMILES string of the molecule is COC(=O)[C@H]1C(=O)C2=C(C[C@H]1C)NC(C)=C(C(=O)OC1CCCC1)[C@@H]2c1cccs1. The molecule has 1 fully saturated rings. The largest absolute Gasteiger partial charge is 0.468 e. The van der Waals surface area contributed by atoms with E-state index in [1.54, 1.807) is 0 Å². The molecule has 6 nitrogen and oxygen atoms in total. The molecule has 2 aliphatic carbocycles. The number of nitrogens with one attached hydrogen (secondary N) is 1. The zero-order chi connectivity index (χ0) is 21.4. The first-order valence-corrected chi connectivity index (χ1v) is 11.4. The number of allylic oxidation sites excluding steroid dienone is 3. The van der Waals surface area contributed by atoms with Crippen LogP contribution in [0.15, 0.2) is 40.1 Å². The van der Waals surface area contributed by atoms with Crippen LogP contribution in [0.1, 0.15) is 56.7 Å². The molecule has 1 aromatic heterocycles. The molecule has 3 aliphatic rings. The van der Waals surface area contributed by atoms with E-state index in [1.165, 1.54) is 18.4 Å². The number of hydrogen-bond donors (Lipinski definition) is 1. The first kappa shape index (κ1) is 20.8. The summed E-state index contributed by atoms with van der Waals surface area (Å²) in [5.74, 6) is -2.73. The fourth-order valence-corrected chi connectivity index (χ4v) is 5.76. The maximum Gasteiger partial charge on any atom is 0.337 e. The minimum Gasteiger partial charge on any atom is -0.468 e. The smallest absolute Gasteiger partial charge is 0.337 e. The van der Waals surface area contributed by atoms with Gasteiger partial charge in [-0.1, -0.05) is 13.0 Å². The number of thiophene rings is 1. The molecule has 3 atom stereocenters. The lowest BCUT2D eigenvalue weighted by molar-refractivity contribution is -0.151. The third-order valence-corrected chi connectivity index (χ3v) is 7.30. The van der Waals surface area contributed by atoms with Crippen molar-refractivity contribution in [3.63, 3.8) is 0 Å². The molecular formula is C23H27NO5S. The van der Waals surface area contributed by atoms with E-state index in [4.69, 9.17) is 9.47 Å². The van der Waals surface area contributed by atoms with Gasteiger partial charge in [0.1, 0.15) is 12.0 Å². The topological polar surface area (TPSA) is 81.7 Å². The fraction of sp³-hybridized carbons (Fsp3) is 0.522. The van der Waals surface area contributed by atoms with Crippen molar-refractivity contribution in [3.8, 4) is 0 Å². The monoisotopic (exact) mass is 429 g/mol. The van der Waals surface area contributed by atoms with Crippen molar-refractivity contribution >= 4 is 29.1 Å². The molecule has 0 radical (unpaired) electrons. The minimum absolute atomic E-state index is 0.0675. The van der Waals surface area contributed by atoms with Crippen molar-refractivity contribution in [2.75, 3.05) is 7.11 Å². The zero-order valence-electron chi connectivity index (χ0n) is 17.5. The number of dihydropyridines is 1. The van der Waals surface area contributed by atoms with Crippen LogP contribution in [-0.4, -0.2) is 30.9 Å². The van der Waals surface area contributed by atoms with E-state index in [2.05, 4.69) is 5.32 Å². The molecule has 1 saturated carbocycles. The Bertz CT molecular complexity index is 923. The van der Waals surface area contributed by atoms with Gasteiger partial charge in [0.25, 0.3) is 0 Å². The Hall–Kier alpha value is -2.41. The van der Waals surface area contributed by atoms with Crippen LogP contribution in [-0.2, 0) is 23.9 Å². The predicted octanol–water partition coefficient (Wildman–Crippen LogP) is 3.85. The molecule has 30 heavy (non-hydrogen) atoms. The Morgan fingerprint density at radius 1 is 1.23 bits per heavy atom. The van der Waals surface area contributed by atoms with Gasteiger partial charge in [-0.2, -0.15) is 0 Å². The Balaban J connectivity index is 1.76. The number of carbonyl (C=O) groups is 3. The first-order valence-electron chi connectivity index (χ1n) is 10.5. The molecule has 0 bridgehead atoms. The lowest BCUT2D eigenvalue weighted by Crippen LogP contribution is -2.43. The number of Topliss-reactive ketones (excluding diaryl/α,β-unsaturated/α-hetero) is 1. The van der Waals surface area contributed by atoms with Gasteiger partial charge in [-0.3, -0.25) is 9.59 Å². The molecule has 0 unspecified atom stereocenters. The average molecular weight is 430 g/mol. The van der Waals surface area contributed by atoms with Gasteiger partial charge in [0.05, 0.1) is 18.6 Å². The Morgan fingerprint density at radius 3 is 2.60 bits per heavy atom. The van der Waals surface area contributed by atoms with Gasteiger partial charge in [-0.05, 0) is 56.4 Å². The van der Waals surface area contributed by atoms with E-state index in [9.17, 15) is 14.4 Å². The molecule has 2 heterocycles. The minimum atomic E-state index is -0.858. The van der Waals surface area contributed by atoms with E-state index in [1.807, 2.05) is 31.4 Å². The summed E-state index contributed by atoms with van der Waals surface area (Å²) in [5.41, 5.74) is 2.47. The Labute approximate surface area is 180 Å². The van der Waals surface area contributed by atoms with E-state index in [0.717, 1.165) is 36.3 Å². The van der Waals surface area contributed by atoms with Gasteiger partial charge in [0, 0.05) is 21.8 Å². The highest BCUT2D eigenvalue weighted by Crippen LogP contribution is 2.46. The summed E-state index contributed by atoms with van der Waals surface area (Å²) in [6.45, 7) is 3.74. The molecule has 160 valence electrons. The fourth-order valence-electron chi connectivity index (χ4n) is 4.91. The van der Waals surface area contributed by atoms with Crippen molar-refractivity contribution in [2.45, 2.75) is 58.0 Å². The van der Waals surface area contributed by atoms with E-state index >= 15 is 0 Å². The molecule has 0 spiro atoms. The average Bonchev–Trinajstić information content (AvgIpc) is 3.40. The molecular weight excluding hydrogens is 402 g/mol. The highest BCUT2D eigenvalue weighted by atomic mass is 32.1. The highest BCUT2D eigenvalue weighted by molar-refractivity contribution is 7.10. The molecule has 1 aliphatic heterocycles. The van der Waals surface area contributed by atoms with Crippen molar-refractivity contribution in [3.05, 3.63) is 44.9 Å². The molecule has 0 saturated heterocycles. The summed E-state index contributed by atoms with van der Waals surface area (Å²) in [6.07, 6.45) is 4.37. The van der Waals surface area contributed by atoms with Crippen molar-refractivity contribution in [2.24, 2.45) is 11.8 Å². The summed E-state index contributed by atoms with van der Waals surface area (Å²) >= 11 is 1.50. The van der Waals surface area contributed by atoms with Crippen molar-refractivity contribution < 1.29 is 23.9 Å². The van der Waals surface area contributed by atoms with Crippen LogP contribution < -0.4 is 5.32 Å². The van der Waals surface area contributed by atoms with Gasteiger partial charge in [0.15, 0.2) is 5.78 Å². The van der Waals surface area contributed by atoms with Crippen LogP contribution in [0.25, 0.3) is 0 Å². The van der Waals surface area contributed by atoms with Crippen LogP contribution in [0.5, 0.6) is 0 Å². The van der Waals surface area contributed by atoms with E-state index in [-0.39, 0.29) is 23.8 Å². The number of carbonyl (C=O) groups excluding carboxylic acids is 3. The molecule has 1 aromatic rings. The summed E-state index contributed by atoms with van der Waals surface area (Å²) in [4.78, 5) is 40.0. The maximum absolute atomic E-state index is 13.5. The molecule has 4 rings (SSSR count).